The van der Waals surface area contributed by atoms with Crippen molar-refractivity contribution in [2.45, 2.75) is 12.5 Å². The molecule has 10 heteroatoms. The molecule has 1 N–H and O–H groups in total. The van der Waals surface area contributed by atoms with Gasteiger partial charge in [-0.25, -0.2) is 19.2 Å². The number of methoxy groups -OCH3 is 1. The number of aromatic nitrogens is 1. The maximum atomic E-state index is 13.6. The van der Waals surface area contributed by atoms with Gasteiger partial charge >= 0.3 is 5.97 Å². The van der Waals surface area contributed by atoms with Crippen LogP contribution in [0.15, 0.2) is 52.1 Å². The molecule has 1 amide bonds. The molecule has 2 aromatic rings. The number of benzene rings is 1. The van der Waals surface area contributed by atoms with E-state index in [1.807, 2.05) is 5.38 Å². The number of esters is 1. The van der Waals surface area contributed by atoms with Crippen molar-refractivity contribution in [2.24, 2.45) is 4.99 Å². The number of morpholine rings is 1. The zero-order chi connectivity index (χ0) is 22.0. The Morgan fingerprint density at radius 2 is 2.16 bits per heavy atom. The number of rotatable bonds is 5. The minimum absolute atomic E-state index is 0.0104. The van der Waals surface area contributed by atoms with Crippen molar-refractivity contribution in [3.05, 3.63) is 63.5 Å². The SMILES string of the molecule is COC(=O)C1=C(CN2CCOCC2=O)NC(c2nccs2)=NC1(C)c1ccc(F)cc1. The van der Waals surface area contributed by atoms with E-state index in [1.165, 1.54) is 30.6 Å². The predicted octanol–water partition coefficient (Wildman–Crippen LogP) is 1.83. The number of hydrogen-bond acceptors (Lipinski definition) is 8. The largest absolute Gasteiger partial charge is 0.466 e. The molecule has 2 aliphatic rings. The van der Waals surface area contributed by atoms with Gasteiger partial charge in [-0.1, -0.05) is 12.1 Å². The van der Waals surface area contributed by atoms with Gasteiger partial charge in [0.05, 0.1) is 25.8 Å². The van der Waals surface area contributed by atoms with E-state index in [1.54, 1.807) is 30.2 Å². The van der Waals surface area contributed by atoms with Crippen LogP contribution in [0.5, 0.6) is 0 Å². The fourth-order valence-electron chi connectivity index (χ4n) is 3.68. The number of nitrogens with one attached hydrogen (secondary N) is 1. The first kappa shape index (κ1) is 21.1. The first-order valence-electron chi connectivity index (χ1n) is 9.62. The third-order valence-corrected chi connectivity index (χ3v) is 6.04. The van der Waals surface area contributed by atoms with Gasteiger partial charge in [0.2, 0.25) is 5.91 Å². The molecule has 1 unspecified atom stereocenters. The number of thiazole rings is 1. The molecule has 1 aromatic heterocycles. The average molecular weight is 444 g/mol. The van der Waals surface area contributed by atoms with Gasteiger partial charge < -0.3 is 19.7 Å². The van der Waals surface area contributed by atoms with E-state index < -0.39 is 17.3 Å². The fraction of sp³-hybridized carbons (Fsp3) is 0.333. The van der Waals surface area contributed by atoms with Crippen molar-refractivity contribution >= 4 is 29.0 Å². The van der Waals surface area contributed by atoms with E-state index in [9.17, 15) is 14.0 Å². The summed E-state index contributed by atoms with van der Waals surface area (Å²) in [6.07, 6.45) is 1.66. The highest BCUT2D eigenvalue weighted by atomic mass is 32.1. The predicted molar refractivity (Wildman–Crippen MR) is 112 cm³/mol. The van der Waals surface area contributed by atoms with E-state index in [0.717, 1.165) is 0 Å². The molecule has 1 aromatic carbocycles. The minimum Gasteiger partial charge on any atom is -0.466 e. The molecule has 2 aliphatic heterocycles. The van der Waals surface area contributed by atoms with E-state index in [4.69, 9.17) is 14.5 Å². The van der Waals surface area contributed by atoms with Crippen LogP contribution in [0.2, 0.25) is 0 Å². The first-order valence-corrected chi connectivity index (χ1v) is 10.5. The lowest BCUT2D eigenvalue weighted by Crippen LogP contribution is -2.48. The molecule has 4 rings (SSSR count). The summed E-state index contributed by atoms with van der Waals surface area (Å²) < 4.78 is 23.9. The zero-order valence-corrected chi connectivity index (χ0v) is 17.9. The monoisotopic (exact) mass is 444 g/mol. The van der Waals surface area contributed by atoms with Gasteiger partial charge in [-0.05, 0) is 24.6 Å². The average Bonchev–Trinajstić information content (AvgIpc) is 3.30. The third kappa shape index (κ3) is 4.08. The quantitative estimate of drug-likeness (QED) is 0.708. The number of amides is 1. The Hall–Kier alpha value is -3.11. The molecule has 1 fully saturated rings. The number of amidine groups is 1. The van der Waals surface area contributed by atoms with Crippen LogP contribution in [0.4, 0.5) is 4.39 Å². The molecule has 8 nitrogen and oxygen atoms in total. The molecule has 0 bridgehead atoms. The molecular weight excluding hydrogens is 423 g/mol. The molecule has 0 saturated carbocycles. The van der Waals surface area contributed by atoms with Gasteiger partial charge in [-0.3, -0.25) is 4.79 Å². The highest BCUT2D eigenvalue weighted by Gasteiger charge is 2.43. The Labute approximate surface area is 182 Å². The molecule has 1 atom stereocenters. The molecular formula is C21H21FN4O4S. The fourth-order valence-corrected chi connectivity index (χ4v) is 4.26. The summed E-state index contributed by atoms with van der Waals surface area (Å²) >= 11 is 1.39. The van der Waals surface area contributed by atoms with Crippen LogP contribution in [0, 0.1) is 5.82 Å². The molecule has 31 heavy (non-hydrogen) atoms. The Balaban J connectivity index is 1.86. The zero-order valence-electron chi connectivity index (χ0n) is 17.1. The third-order valence-electron chi connectivity index (χ3n) is 5.26. The first-order chi connectivity index (χ1) is 14.9. The maximum Gasteiger partial charge on any atom is 0.338 e. The van der Waals surface area contributed by atoms with Gasteiger partial charge in [0, 0.05) is 23.8 Å². The lowest BCUT2D eigenvalue weighted by Gasteiger charge is -2.37. The van der Waals surface area contributed by atoms with E-state index in [0.29, 0.717) is 35.3 Å². The molecule has 1 saturated heterocycles. The van der Waals surface area contributed by atoms with Crippen molar-refractivity contribution in [2.75, 3.05) is 33.4 Å². The van der Waals surface area contributed by atoms with Crippen molar-refractivity contribution in [1.82, 2.24) is 15.2 Å². The number of carbonyl (C=O) groups excluding carboxylic acids is 2. The molecule has 0 aliphatic carbocycles. The maximum absolute atomic E-state index is 13.6. The van der Waals surface area contributed by atoms with Crippen molar-refractivity contribution in [3.63, 3.8) is 0 Å². The van der Waals surface area contributed by atoms with Crippen LogP contribution in [0.1, 0.15) is 17.5 Å². The Kier molecular flexibility index (Phi) is 5.84. The van der Waals surface area contributed by atoms with Gasteiger partial charge in [-0.15, -0.1) is 11.3 Å². The van der Waals surface area contributed by atoms with Gasteiger partial charge in [0.25, 0.3) is 0 Å². The second kappa shape index (κ2) is 8.56. The topological polar surface area (TPSA) is 93.1 Å². The Bertz CT molecular complexity index is 1050. The van der Waals surface area contributed by atoms with Gasteiger partial charge in [0.15, 0.2) is 10.8 Å². The molecule has 3 heterocycles. The summed E-state index contributed by atoms with van der Waals surface area (Å²) in [4.78, 5) is 36.0. The van der Waals surface area contributed by atoms with Gasteiger partial charge in [0.1, 0.15) is 18.0 Å². The number of carbonyl (C=O) groups is 2. The highest BCUT2D eigenvalue weighted by Crippen LogP contribution is 2.39. The number of nitrogens with zero attached hydrogens (tertiary/aromatic N) is 3. The standard InChI is InChI=1S/C21H21FN4O4S/c1-21(13-3-5-14(22)6-4-13)17(20(28)29-2)15(11-26-8-9-30-12-16(26)27)24-18(25-21)19-23-7-10-31-19/h3-7,10H,8-9,11-12H2,1-2H3,(H,24,25). The molecule has 162 valence electrons. The van der Waals surface area contributed by atoms with Crippen LogP contribution in [0.3, 0.4) is 0 Å². The van der Waals surface area contributed by atoms with E-state index in [2.05, 4.69) is 10.3 Å². The lowest BCUT2D eigenvalue weighted by atomic mass is 9.82. The Morgan fingerprint density at radius 3 is 2.81 bits per heavy atom. The van der Waals surface area contributed by atoms with Crippen LogP contribution < -0.4 is 5.32 Å². The van der Waals surface area contributed by atoms with Crippen molar-refractivity contribution in [1.29, 1.82) is 0 Å². The normalized spacial score (nSPS) is 21.6. The smallest absolute Gasteiger partial charge is 0.338 e. The second-order valence-corrected chi connectivity index (χ2v) is 8.11. The number of aliphatic imine (C=N–C) groups is 1. The number of hydrogen-bond donors (Lipinski definition) is 1. The van der Waals surface area contributed by atoms with Gasteiger partial charge in [-0.2, -0.15) is 0 Å². The van der Waals surface area contributed by atoms with E-state index >= 15 is 0 Å². The number of ether oxygens (including phenoxy) is 2. The van der Waals surface area contributed by atoms with Crippen LogP contribution in [-0.4, -0.2) is 61.0 Å². The highest BCUT2D eigenvalue weighted by molar-refractivity contribution is 7.11. The second-order valence-electron chi connectivity index (χ2n) is 7.21. The molecule has 0 spiro atoms. The summed E-state index contributed by atoms with van der Waals surface area (Å²) in [5.74, 6) is -0.693. The van der Waals surface area contributed by atoms with Crippen LogP contribution in [0.25, 0.3) is 0 Å². The van der Waals surface area contributed by atoms with Crippen LogP contribution in [-0.2, 0) is 24.6 Å². The lowest BCUT2D eigenvalue weighted by molar-refractivity contribution is -0.142. The van der Waals surface area contributed by atoms with Crippen molar-refractivity contribution < 1.29 is 23.5 Å². The summed E-state index contributed by atoms with van der Waals surface area (Å²) in [6.45, 7) is 2.71. The number of halogens is 1. The van der Waals surface area contributed by atoms with E-state index in [-0.39, 0.29) is 24.6 Å². The Morgan fingerprint density at radius 1 is 1.39 bits per heavy atom. The summed E-state index contributed by atoms with van der Waals surface area (Å²) in [5, 5.41) is 5.64. The summed E-state index contributed by atoms with van der Waals surface area (Å²) in [5.41, 5.74) is 0.156. The minimum atomic E-state index is -1.18. The van der Waals surface area contributed by atoms with Crippen LogP contribution >= 0.6 is 11.3 Å². The van der Waals surface area contributed by atoms with Crippen molar-refractivity contribution in [3.8, 4) is 0 Å². The molecule has 0 radical (unpaired) electrons. The summed E-state index contributed by atoms with van der Waals surface area (Å²) in [7, 11) is 1.29. The summed E-state index contributed by atoms with van der Waals surface area (Å²) in [6, 6.07) is 5.82.